The number of hydrogen-bond acceptors (Lipinski definition) is 4. The Balaban J connectivity index is 1.82. The SMILES string of the molecule is Brc1cnc2c(OCC3CCCN3)ccnc2c1. The Hall–Kier alpha value is -1.20. The average molecular weight is 308 g/mol. The van der Waals surface area contributed by atoms with Gasteiger partial charge in [0.1, 0.15) is 17.9 Å². The maximum atomic E-state index is 5.86. The highest BCUT2D eigenvalue weighted by Gasteiger charge is 2.15. The van der Waals surface area contributed by atoms with E-state index in [1.54, 1.807) is 12.4 Å². The third kappa shape index (κ3) is 2.47. The molecule has 1 fully saturated rings. The maximum absolute atomic E-state index is 5.86. The molecule has 0 aliphatic carbocycles. The van der Waals surface area contributed by atoms with Crippen molar-refractivity contribution in [1.82, 2.24) is 15.3 Å². The molecule has 0 spiro atoms. The van der Waals surface area contributed by atoms with Crippen molar-refractivity contribution < 1.29 is 4.74 Å². The molecular weight excluding hydrogens is 294 g/mol. The summed E-state index contributed by atoms with van der Waals surface area (Å²) in [6.45, 7) is 1.78. The molecular formula is C13H14BrN3O. The summed E-state index contributed by atoms with van der Waals surface area (Å²) in [4.78, 5) is 8.67. The third-order valence-electron chi connectivity index (χ3n) is 3.11. The van der Waals surface area contributed by atoms with Gasteiger partial charge in [0, 0.05) is 29.0 Å². The van der Waals surface area contributed by atoms with E-state index in [1.807, 2.05) is 12.1 Å². The lowest BCUT2D eigenvalue weighted by Crippen LogP contribution is -2.28. The van der Waals surface area contributed by atoms with Crippen LogP contribution in [0, 0.1) is 0 Å². The molecule has 3 heterocycles. The van der Waals surface area contributed by atoms with Gasteiger partial charge in [0.15, 0.2) is 0 Å². The summed E-state index contributed by atoms with van der Waals surface area (Å²) in [6.07, 6.45) is 5.94. The lowest BCUT2D eigenvalue weighted by atomic mass is 10.2. The van der Waals surface area contributed by atoms with Crippen LogP contribution in [0.25, 0.3) is 11.0 Å². The van der Waals surface area contributed by atoms with Gasteiger partial charge in [0.2, 0.25) is 0 Å². The van der Waals surface area contributed by atoms with Gasteiger partial charge in [-0.15, -0.1) is 0 Å². The van der Waals surface area contributed by atoms with Crippen LogP contribution in [0.15, 0.2) is 29.0 Å². The minimum absolute atomic E-state index is 0.462. The van der Waals surface area contributed by atoms with Gasteiger partial charge in [0.25, 0.3) is 0 Å². The van der Waals surface area contributed by atoms with Crippen molar-refractivity contribution in [3.8, 4) is 5.75 Å². The average Bonchev–Trinajstić information content (AvgIpc) is 2.89. The fourth-order valence-electron chi connectivity index (χ4n) is 2.19. The Kier molecular flexibility index (Phi) is 3.43. The lowest BCUT2D eigenvalue weighted by Gasteiger charge is -2.13. The Morgan fingerprint density at radius 3 is 3.22 bits per heavy atom. The third-order valence-corrected chi connectivity index (χ3v) is 3.54. The van der Waals surface area contributed by atoms with Gasteiger partial charge < -0.3 is 10.1 Å². The molecule has 1 saturated heterocycles. The normalized spacial score (nSPS) is 19.3. The van der Waals surface area contributed by atoms with Crippen LogP contribution < -0.4 is 10.1 Å². The molecule has 1 atom stereocenters. The fraction of sp³-hybridized carbons (Fsp3) is 0.385. The molecule has 5 heteroatoms. The Morgan fingerprint density at radius 2 is 2.39 bits per heavy atom. The van der Waals surface area contributed by atoms with Gasteiger partial charge in [-0.1, -0.05) is 0 Å². The van der Waals surface area contributed by atoms with Crippen molar-refractivity contribution in [1.29, 1.82) is 0 Å². The zero-order chi connectivity index (χ0) is 12.4. The van der Waals surface area contributed by atoms with E-state index in [1.165, 1.54) is 12.8 Å². The van der Waals surface area contributed by atoms with E-state index in [2.05, 4.69) is 31.2 Å². The van der Waals surface area contributed by atoms with Gasteiger partial charge in [-0.2, -0.15) is 0 Å². The second-order valence-electron chi connectivity index (χ2n) is 4.43. The van der Waals surface area contributed by atoms with E-state index in [4.69, 9.17) is 4.74 Å². The number of fused-ring (bicyclic) bond motifs is 1. The number of hydrogen-bond donors (Lipinski definition) is 1. The number of nitrogens with one attached hydrogen (secondary N) is 1. The van der Waals surface area contributed by atoms with Crippen molar-refractivity contribution in [3.63, 3.8) is 0 Å². The Bertz CT molecular complexity index is 555. The predicted molar refractivity (Wildman–Crippen MR) is 73.8 cm³/mol. The second kappa shape index (κ2) is 5.20. The first-order chi connectivity index (χ1) is 8.83. The van der Waals surface area contributed by atoms with Crippen LogP contribution in [0.2, 0.25) is 0 Å². The second-order valence-corrected chi connectivity index (χ2v) is 5.35. The summed E-state index contributed by atoms with van der Waals surface area (Å²) < 4.78 is 6.79. The molecule has 0 bridgehead atoms. The van der Waals surface area contributed by atoms with Crippen LogP contribution in [0.5, 0.6) is 5.75 Å². The van der Waals surface area contributed by atoms with Crippen LogP contribution in [-0.4, -0.2) is 29.2 Å². The van der Waals surface area contributed by atoms with Gasteiger partial charge in [-0.3, -0.25) is 4.98 Å². The van der Waals surface area contributed by atoms with Crippen LogP contribution in [-0.2, 0) is 0 Å². The van der Waals surface area contributed by atoms with Crippen molar-refractivity contribution in [2.24, 2.45) is 0 Å². The monoisotopic (exact) mass is 307 g/mol. The minimum Gasteiger partial charge on any atom is -0.490 e. The zero-order valence-corrected chi connectivity index (χ0v) is 11.5. The van der Waals surface area contributed by atoms with Crippen molar-refractivity contribution >= 4 is 27.0 Å². The first kappa shape index (κ1) is 11.9. The van der Waals surface area contributed by atoms with Crippen LogP contribution in [0.3, 0.4) is 0 Å². The van der Waals surface area contributed by atoms with E-state index >= 15 is 0 Å². The standard InChI is InChI=1S/C13H14BrN3O/c14-9-6-11-13(17-7-9)12(3-5-16-11)18-8-10-2-1-4-15-10/h3,5-7,10,15H,1-2,4,8H2. The first-order valence-corrected chi connectivity index (χ1v) is 6.89. The molecule has 18 heavy (non-hydrogen) atoms. The topological polar surface area (TPSA) is 47.0 Å². The Morgan fingerprint density at radius 1 is 1.44 bits per heavy atom. The van der Waals surface area contributed by atoms with Crippen molar-refractivity contribution in [2.75, 3.05) is 13.2 Å². The molecule has 3 rings (SSSR count). The number of aromatic nitrogens is 2. The summed E-state index contributed by atoms with van der Waals surface area (Å²) in [5.74, 6) is 0.807. The molecule has 1 N–H and O–H groups in total. The van der Waals surface area contributed by atoms with Crippen LogP contribution in [0.4, 0.5) is 0 Å². The predicted octanol–water partition coefficient (Wildman–Crippen LogP) is 2.52. The number of pyridine rings is 2. The molecule has 2 aromatic heterocycles. The lowest BCUT2D eigenvalue weighted by molar-refractivity contribution is 0.279. The molecule has 0 aromatic carbocycles. The molecule has 4 nitrogen and oxygen atoms in total. The quantitative estimate of drug-likeness (QED) is 0.946. The smallest absolute Gasteiger partial charge is 0.148 e. The fourth-order valence-corrected chi connectivity index (χ4v) is 2.51. The maximum Gasteiger partial charge on any atom is 0.148 e. The summed E-state index contributed by atoms with van der Waals surface area (Å²) in [5.41, 5.74) is 1.67. The van der Waals surface area contributed by atoms with Gasteiger partial charge in [0.05, 0.1) is 5.52 Å². The molecule has 0 radical (unpaired) electrons. The highest BCUT2D eigenvalue weighted by Crippen LogP contribution is 2.24. The Labute approximate surface area is 114 Å². The largest absolute Gasteiger partial charge is 0.490 e. The number of halogens is 1. The molecule has 1 aliphatic heterocycles. The summed E-state index contributed by atoms with van der Waals surface area (Å²) in [6, 6.07) is 4.28. The van der Waals surface area contributed by atoms with E-state index in [9.17, 15) is 0 Å². The van der Waals surface area contributed by atoms with E-state index < -0.39 is 0 Å². The number of nitrogens with zero attached hydrogens (tertiary/aromatic N) is 2. The summed E-state index contributed by atoms with van der Waals surface area (Å²) in [5, 5.41) is 3.42. The first-order valence-electron chi connectivity index (χ1n) is 6.09. The van der Waals surface area contributed by atoms with E-state index in [0.717, 1.165) is 27.8 Å². The number of rotatable bonds is 3. The molecule has 94 valence electrons. The number of ether oxygens (including phenoxy) is 1. The molecule has 1 unspecified atom stereocenters. The van der Waals surface area contributed by atoms with Crippen LogP contribution >= 0.6 is 15.9 Å². The van der Waals surface area contributed by atoms with Crippen LogP contribution in [0.1, 0.15) is 12.8 Å². The highest BCUT2D eigenvalue weighted by atomic mass is 79.9. The van der Waals surface area contributed by atoms with E-state index in [0.29, 0.717) is 12.6 Å². The molecule has 0 saturated carbocycles. The minimum atomic E-state index is 0.462. The zero-order valence-electron chi connectivity index (χ0n) is 9.90. The summed E-state index contributed by atoms with van der Waals surface area (Å²) in [7, 11) is 0. The molecule has 0 amide bonds. The van der Waals surface area contributed by atoms with Crippen molar-refractivity contribution in [2.45, 2.75) is 18.9 Å². The van der Waals surface area contributed by atoms with E-state index in [-0.39, 0.29) is 0 Å². The van der Waals surface area contributed by atoms with Crippen molar-refractivity contribution in [3.05, 3.63) is 29.0 Å². The van der Waals surface area contributed by atoms with Gasteiger partial charge >= 0.3 is 0 Å². The van der Waals surface area contributed by atoms with Gasteiger partial charge in [-0.25, -0.2) is 4.98 Å². The molecule has 2 aromatic rings. The molecule has 1 aliphatic rings. The highest BCUT2D eigenvalue weighted by molar-refractivity contribution is 9.10. The summed E-state index contributed by atoms with van der Waals surface area (Å²) >= 11 is 3.40. The van der Waals surface area contributed by atoms with Gasteiger partial charge in [-0.05, 0) is 41.4 Å².